The molecule has 0 aromatic heterocycles. The van der Waals surface area contributed by atoms with Crippen molar-refractivity contribution in [1.82, 2.24) is 5.32 Å². The zero-order valence-corrected chi connectivity index (χ0v) is 18.6. The third kappa shape index (κ3) is 6.17. The van der Waals surface area contributed by atoms with Crippen molar-refractivity contribution in [2.75, 3.05) is 26.2 Å². The van der Waals surface area contributed by atoms with Gasteiger partial charge in [-0.3, -0.25) is 14.4 Å². The van der Waals surface area contributed by atoms with Crippen LogP contribution >= 0.6 is 23.5 Å². The van der Waals surface area contributed by atoms with E-state index in [9.17, 15) is 14.4 Å². The number of hydrogen-bond donors (Lipinski definition) is 2. The molecule has 7 nitrogen and oxygen atoms in total. The smallest absolute Gasteiger partial charge is 0.253 e. The summed E-state index contributed by atoms with van der Waals surface area (Å²) in [6, 6.07) is 10.8. The van der Waals surface area contributed by atoms with Crippen molar-refractivity contribution in [1.29, 1.82) is 0 Å². The molecule has 0 unspecified atom stereocenters. The van der Waals surface area contributed by atoms with Gasteiger partial charge in [-0.05, 0) is 54.5 Å². The minimum absolute atomic E-state index is 0.288. The fraction of sp³-hybridized carbons (Fsp3) is 0.286. The predicted octanol–water partition coefficient (Wildman–Crippen LogP) is 2.97. The molecule has 2 rings (SSSR count). The Balaban J connectivity index is 2.23. The molecule has 9 heteroatoms. The Bertz CT molecular complexity index is 920. The summed E-state index contributed by atoms with van der Waals surface area (Å²) >= 11 is 2.46. The highest BCUT2D eigenvalue weighted by Gasteiger charge is 2.22. The zero-order chi connectivity index (χ0) is 22.1. The van der Waals surface area contributed by atoms with E-state index in [0.29, 0.717) is 39.7 Å². The molecule has 2 aromatic carbocycles. The second-order valence-electron chi connectivity index (χ2n) is 6.16. The summed E-state index contributed by atoms with van der Waals surface area (Å²) in [6.07, 6.45) is 2.34. The fourth-order valence-electron chi connectivity index (χ4n) is 2.62. The molecule has 0 aliphatic carbocycles. The van der Waals surface area contributed by atoms with E-state index in [0.717, 1.165) is 11.8 Å². The maximum absolute atomic E-state index is 12.9. The highest BCUT2D eigenvalue weighted by atomic mass is 32.2. The number of nitrogens with two attached hydrogens (primary N) is 1. The number of nitrogens with one attached hydrogen (secondary N) is 1. The lowest BCUT2D eigenvalue weighted by molar-refractivity contribution is -0.119. The molecule has 0 radical (unpaired) electrons. The third-order valence-electron chi connectivity index (χ3n) is 4.22. The molecule has 160 valence electrons. The predicted molar refractivity (Wildman–Crippen MR) is 120 cm³/mol. The van der Waals surface area contributed by atoms with E-state index in [4.69, 9.17) is 15.2 Å². The Morgan fingerprint density at radius 3 is 2.43 bits per heavy atom. The van der Waals surface area contributed by atoms with Crippen molar-refractivity contribution < 1.29 is 23.9 Å². The summed E-state index contributed by atoms with van der Waals surface area (Å²) in [5, 5.41) is 2.38. The molecule has 2 aromatic rings. The molecule has 1 atom stereocenters. The van der Waals surface area contributed by atoms with Crippen LogP contribution in [0, 0.1) is 0 Å². The summed E-state index contributed by atoms with van der Waals surface area (Å²) < 4.78 is 10.4. The van der Waals surface area contributed by atoms with Gasteiger partial charge in [0, 0.05) is 11.0 Å². The van der Waals surface area contributed by atoms with E-state index in [1.54, 1.807) is 54.2 Å². The van der Waals surface area contributed by atoms with Gasteiger partial charge in [-0.15, -0.1) is 0 Å². The number of hydrogen-bond acceptors (Lipinski definition) is 7. The Hall–Kier alpha value is -2.65. The van der Waals surface area contributed by atoms with Crippen molar-refractivity contribution in [2.24, 2.45) is 5.73 Å². The van der Waals surface area contributed by atoms with Crippen molar-refractivity contribution >= 4 is 40.5 Å². The van der Waals surface area contributed by atoms with Gasteiger partial charge in [0.15, 0.2) is 0 Å². The van der Waals surface area contributed by atoms with Crippen LogP contribution in [0.1, 0.15) is 27.1 Å². The number of benzene rings is 2. The average molecular weight is 449 g/mol. The lowest BCUT2D eigenvalue weighted by Gasteiger charge is -2.16. The standard InChI is InChI=1S/C21H24N2O5S2/c1-27-13-8-9-14(17(12-13)28-2)21(26)30-18-7-5-4-6-15(18)20(25)23-16(19(22)24)10-11-29-3/h4-9,12,16H,10-11H2,1-3H3,(H2,22,24)(H,23,25)/t16-/m0/s1. The van der Waals surface area contributed by atoms with Gasteiger partial charge < -0.3 is 20.5 Å². The van der Waals surface area contributed by atoms with Crippen LogP contribution < -0.4 is 20.5 Å². The van der Waals surface area contributed by atoms with Crippen LogP contribution in [-0.4, -0.2) is 49.2 Å². The Morgan fingerprint density at radius 1 is 1.07 bits per heavy atom. The Kier molecular flexibility index (Phi) is 9.07. The Labute approximate surface area is 184 Å². The normalized spacial score (nSPS) is 11.4. The molecular weight excluding hydrogens is 424 g/mol. The number of carbonyl (C=O) groups excluding carboxylic acids is 3. The molecule has 30 heavy (non-hydrogen) atoms. The maximum Gasteiger partial charge on any atom is 0.253 e. The highest BCUT2D eigenvalue weighted by Crippen LogP contribution is 2.32. The van der Waals surface area contributed by atoms with E-state index in [1.807, 2.05) is 6.26 Å². The fourth-order valence-corrected chi connectivity index (χ4v) is 3.99. The highest BCUT2D eigenvalue weighted by molar-refractivity contribution is 8.14. The molecule has 0 bridgehead atoms. The van der Waals surface area contributed by atoms with Gasteiger partial charge >= 0.3 is 0 Å². The van der Waals surface area contributed by atoms with Gasteiger partial charge in [-0.1, -0.05) is 12.1 Å². The van der Waals surface area contributed by atoms with E-state index >= 15 is 0 Å². The summed E-state index contributed by atoms with van der Waals surface area (Å²) in [5.74, 6) is 0.565. The number of amides is 2. The maximum atomic E-state index is 12.9. The second kappa shape index (κ2) is 11.5. The lowest BCUT2D eigenvalue weighted by Crippen LogP contribution is -2.44. The van der Waals surface area contributed by atoms with Crippen LogP contribution in [-0.2, 0) is 4.79 Å². The summed E-state index contributed by atoms with van der Waals surface area (Å²) in [6.45, 7) is 0. The molecular formula is C21H24N2O5S2. The topological polar surface area (TPSA) is 108 Å². The minimum Gasteiger partial charge on any atom is -0.497 e. The van der Waals surface area contributed by atoms with Gasteiger partial charge in [0.2, 0.25) is 11.0 Å². The number of carbonyl (C=O) groups is 3. The van der Waals surface area contributed by atoms with E-state index in [1.165, 1.54) is 14.2 Å². The number of primary amides is 1. The molecule has 0 heterocycles. The van der Waals surface area contributed by atoms with Crippen LogP contribution in [0.4, 0.5) is 0 Å². The van der Waals surface area contributed by atoms with Gasteiger partial charge in [-0.2, -0.15) is 11.8 Å². The van der Waals surface area contributed by atoms with Crippen molar-refractivity contribution in [2.45, 2.75) is 17.4 Å². The van der Waals surface area contributed by atoms with Crippen LogP contribution in [0.25, 0.3) is 0 Å². The van der Waals surface area contributed by atoms with Crippen LogP contribution in [0.2, 0.25) is 0 Å². The van der Waals surface area contributed by atoms with E-state index < -0.39 is 17.9 Å². The van der Waals surface area contributed by atoms with Crippen LogP contribution in [0.3, 0.4) is 0 Å². The first-order valence-electron chi connectivity index (χ1n) is 9.03. The summed E-state index contributed by atoms with van der Waals surface area (Å²) in [7, 11) is 2.99. The van der Waals surface area contributed by atoms with Gasteiger partial charge in [0.1, 0.15) is 17.5 Å². The molecule has 0 fully saturated rings. The third-order valence-corrected chi connectivity index (χ3v) is 5.85. The largest absolute Gasteiger partial charge is 0.497 e. The minimum atomic E-state index is -0.777. The number of thioether (sulfide) groups is 2. The molecule has 0 saturated carbocycles. The van der Waals surface area contributed by atoms with Crippen LogP contribution in [0.5, 0.6) is 11.5 Å². The van der Waals surface area contributed by atoms with E-state index in [2.05, 4.69) is 5.32 Å². The first-order valence-corrected chi connectivity index (χ1v) is 11.2. The first-order chi connectivity index (χ1) is 14.4. The molecule has 0 saturated heterocycles. The van der Waals surface area contributed by atoms with Crippen LogP contribution in [0.15, 0.2) is 47.4 Å². The van der Waals surface area contributed by atoms with E-state index in [-0.39, 0.29) is 5.12 Å². The molecule has 0 aliphatic heterocycles. The van der Waals surface area contributed by atoms with Gasteiger partial charge in [0.05, 0.1) is 25.3 Å². The number of ether oxygens (including phenoxy) is 2. The summed E-state index contributed by atoms with van der Waals surface area (Å²) in [5.41, 5.74) is 6.05. The molecule has 3 N–H and O–H groups in total. The average Bonchev–Trinajstić information content (AvgIpc) is 2.75. The monoisotopic (exact) mass is 448 g/mol. The van der Waals surface area contributed by atoms with Crippen molar-refractivity contribution in [3.63, 3.8) is 0 Å². The number of rotatable bonds is 10. The zero-order valence-electron chi connectivity index (χ0n) is 17.0. The molecule has 0 aliphatic rings. The molecule has 2 amide bonds. The quantitative estimate of drug-likeness (QED) is 0.538. The molecule has 0 spiro atoms. The SMILES string of the molecule is COc1ccc(C(=O)Sc2ccccc2C(=O)N[C@@H](CCSC)C(N)=O)c(OC)c1. The lowest BCUT2D eigenvalue weighted by atomic mass is 10.1. The van der Waals surface area contributed by atoms with Gasteiger partial charge in [-0.25, -0.2) is 0 Å². The second-order valence-corrected chi connectivity index (χ2v) is 8.16. The van der Waals surface area contributed by atoms with Crippen molar-refractivity contribution in [3.8, 4) is 11.5 Å². The van der Waals surface area contributed by atoms with Crippen molar-refractivity contribution in [3.05, 3.63) is 53.6 Å². The van der Waals surface area contributed by atoms with Gasteiger partial charge in [0.25, 0.3) is 5.91 Å². The number of methoxy groups -OCH3 is 2. The Morgan fingerprint density at radius 2 is 1.80 bits per heavy atom. The first kappa shape index (κ1) is 23.6. The summed E-state index contributed by atoms with van der Waals surface area (Å²) in [4.78, 5) is 37.8.